The van der Waals surface area contributed by atoms with E-state index in [0.717, 1.165) is 5.56 Å². The number of amides is 3. The number of rotatable bonds is 14. The Bertz CT molecular complexity index is 868. The van der Waals surface area contributed by atoms with Crippen LogP contribution in [0.2, 0.25) is 0 Å². The van der Waals surface area contributed by atoms with Crippen molar-refractivity contribution in [2.75, 3.05) is 20.2 Å². The number of carbonyl (C=O) groups excluding carboxylic acids is 5. The number of esters is 1. The first-order valence-electron chi connectivity index (χ1n) is 11.8. The van der Waals surface area contributed by atoms with Gasteiger partial charge in [0.15, 0.2) is 0 Å². The first-order valence-corrected chi connectivity index (χ1v) is 11.8. The third-order valence-corrected chi connectivity index (χ3v) is 4.68. The van der Waals surface area contributed by atoms with E-state index < -0.39 is 35.7 Å². The largest absolute Gasteiger partial charge is 0.469 e. The Morgan fingerprint density at radius 1 is 0.917 bits per heavy atom. The third kappa shape index (κ3) is 14.6. The first-order chi connectivity index (χ1) is 17.0. The van der Waals surface area contributed by atoms with E-state index >= 15 is 0 Å². The summed E-state index contributed by atoms with van der Waals surface area (Å²) in [5, 5.41) is 7.79. The Labute approximate surface area is 211 Å². The molecule has 200 valence electrons. The molecule has 0 radical (unpaired) electrons. The molecule has 0 unspecified atom stereocenters. The Kier molecular flexibility index (Phi) is 13.6. The number of methoxy groups -OCH3 is 1. The topological polar surface area (TPSA) is 149 Å². The summed E-state index contributed by atoms with van der Waals surface area (Å²) in [5.74, 6) is -1.50. The SMILES string of the molecule is COC(=O)CC(=O)CCNC(=O)[C@H](CCCCNC(=O)OCc1ccccc1)NC(=O)OC(C)(C)C. The van der Waals surface area contributed by atoms with Crippen LogP contribution in [0.5, 0.6) is 0 Å². The Balaban J connectivity index is 2.45. The van der Waals surface area contributed by atoms with Crippen LogP contribution >= 0.6 is 0 Å². The van der Waals surface area contributed by atoms with Crippen LogP contribution in [-0.2, 0) is 35.2 Å². The summed E-state index contributed by atoms with van der Waals surface area (Å²) < 4.78 is 14.8. The number of Topliss-reactive ketones (excluding diaryl/α,β-unsaturated/α-hetero) is 1. The molecule has 0 aromatic heterocycles. The number of hydrogen-bond acceptors (Lipinski definition) is 8. The van der Waals surface area contributed by atoms with E-state index in [1.165, 1.54) is 7.11 Å². The summed E-state index contributed by atoms with van der Waals surface area (Å²) >= 11 is 0. The number of ether oxygens (including phenoxy) is 3. The summed E-state index contributed by atoms with van der Waals surface area (Å²) in [6.07, 6.45) is -0.376. The van der Waals surface area contributed by atoms with Gasteiger partial charge in [0.25, 0.3) is 0 Å². The van der Waals surface area contributed by atoms with Crippen molar-refractivity contribution < 1.29 is 38.2 Å². The van der Waals surface area contributed by atoms with E-state index in [1.54, 1.807) is 20.8 Å². The lowest BCUT2D eigenvalue weighted by Crippen LogP contribution is -2.48. The monoisotopic (exact) mass is 507 g/mol. The van der Waals surface area contributed by atoms with Crippen molar-refractivity contribution in [1.82, 2.24) is 16.0 Å². The second kappa shape index (κ2) is 16.1. The molecule has 0 spiro atoms. The Hall–Kier alpha value is -3.63. The zero-order chi connectivity index (χ0) is 27.0. The zero-order valence-electron chi connectivity index (χ0n) is 21.4. The number of nitrogens with one attached hydrogen (secondary N) is 3. The number of hydrogen-bond donors (Lipinski definition) is 3. The molecule has 1 aromatic rings. The fourth-order valence-electron chi connectivity index (χ4n) is 2.93. The molecule has 0 aliphatic carbocycles. The van der Waals surface area contributed by atoms with Crippen LogP contribution in [0.15, 0.2) is 30.3 Å². The molecule has 11 heteroatoms. The van der Waals surface area contributed by atoms with Crippen molar-refractivity contribution in [3.63, 3.8) is 0 Å². The van der Waals surface area contributed by atoms with E-state index in [4.69, 9.17) is 9.47 Å². The van der Waals surface area contributed by atoms with E-state index in [9.17, 15) is 24.0 Å². The number of alkyl carbamates (subject to hydrolysis) is 2. The van der Waals surface area contributed by atoms with Crippen molar-refractivity contribution in [3.05, 3.63) is 35.9 Å². The summed E-state index contributed by atoms with van der Waals surface area (Å²) in [5.41, 5.74) is 0.136. The lowest BCUT2D eigenvalue weighted by atomic mass is 10.1. The standard InChI is InChI=1S/C25H37N3O8/c1-25(2,3)36-24(33)28-20(22(31)26-15-13-19(29)16-21(30)34-4)12-8-9-14-27-23(32)35-17-18-10-6-5-7-11-18/h5-7,10-11,20H,8-9,12-17H2,1-4H3,(H,26,31)(H,27,32)(H,28,33)/t20-/m0/s1. The molecule has 0 saturated carbocycles. The molecule has 3 amide bonds. The highest BCUT2D eigenvalue weighted by molar-refractivity contribution is 5.95. The minimum absolute atomic E-state index is 0.00989. The minimum atomic E-state index is -0.902. The molecule has 1 aromatic carbocycles. The van der Waals surface area contributed by atoms with Crippen LogP contribution in [0.1, 0.15) is 58.4 Å². The van der Waals surface area contributed by atoms with Gasteiger partial charge in [-0.3, -0.25) is 14.4 Å². The van der Waals surface area contributed by atoms with Crippen molar-refractivity contribution in [2.24, 2.45) is 0 Å². The van der Waals surface area contributed by atoms with Gasteiger partial charge in [-0.15, -0.1) is 0 Å². The summed E-state index contributed by atoms with van der Waals surface area (Å²) in [4.78, 5) is 59.5. The fourth-order valence-corrected chi connectivity index (χ4v) is 2.93. The van der Waals surface area contributed by atoms with Gasteiger partial charge in [-0.25, -0.2) is 9.59 Å². The number of ketones is 1. The average molecular weight is 508 g/mol. The van der Waals surface area contributed by atoms with E-state index in [2.05, 4.69) is 20.7 Å². The lowest BCUT2D eigenvalue weighted by molar-refractivity contribution is -0.143. The van der Waals surface area contributed by atoms with E-state index in [1.807, 2.05) is 30.3 Å². The van der Waals surface area contributed by atoms with Crippen molar-refractivity contribution >= 4 is 29.8 Å². The van der Waals surface area contributed by atoms with Gasteiger partial charge in [0.1, 0.15) is 30.5 Å². The summed E-state index contributed by atoms with van der Waals surface area (Å²) in [6, 6.07) is 8.39. The van der Waals surface area contributed by atoms with Crippen molar-refractivity contribution in [2.45, 2.75) is 71.1 Å². The molecule has 0 aliphatic rings. The van der Waals surface area contributed by atoms with Crippen LogP contribution in [0.4, 0.5) is 9.59 Å². The Morgan fingerprint density at radius 2 is 1.61 bits per heavy atom. The molecule has 36 heavy (non-hydrogen) atoms. The molecule has 0 bridgehead atoms. The maximum atomic E-state index is 12.6. The average Bonchev–Trinajstić information content (AvgIpc) is 2.81. The molecule has 0 saturated heterocycles. The van der Waals surface area contributed by atoms with Gasteiger partial charge >= 0.3 is 18.2 Å². The molecule has 1 atom stereocenters. The lowest BCUT2D eigenvalue weighted by Gasteiger charge is -2.23. The molecule has 0 aliphatic heterocycles. The van der Waals surface area contributed by atoms with Crippen molar-refractivity contribution in [1.29, 1.82) is 0 Å². The fraction of sp³-hybridized carbons (Fsp3) is 0.560. The molecule has 1 rings (SSSR count). The molecular formula is C25H37N3O8. The van der Waals surface area contributed by atoms with Gasteiger partial charge in [-0.05, 0) is 45.6 Å². The third-order valence-electron chi connectivity index (χ3n) is 4.68. The predicted octanol–water partition coefficient (Wildman–Crippen LogP) is 2.61. The number of carbonyl (C=O) groups is 5. The van der Waals surface area contributed by atoms with Gasteiger partial charge in [0.2, 0.25) is 5.91 Å². The van der Waals surface area contributed by atoms with E-state index in [0.29, 0.717) is 19.4 Å². The molecule has 0 fully saturated rings. The Morgan fingerprint density at radius 3 is 2.25 bits per heavy atom. The molecule has 11 nitrogen and oxygen atoms in total. The predicted molar refractivity (Wildman–Crippen MR) is 131 cm³/mol. The van der Waals surface area contributed by atoms with Gasteiger partial charge < -0.3 is 30.2 Å². The normalized spacial score (nSPS) is 11.6. The number of unbranched alkanes of at least 4 members (excludes halogenated alkanes) is 1. The second-order valence-corrected chi connectivity index (χ2v) is 9.02. The molecule has 3 N–H and O–H groups in total. The van der Waals surface area contributed by atoms with Crippen LogP contribution in [-0.4, -0.2) is 61.7 Å². The summed E-state index contributed by atoms with van der Waals surface area (Å²) in [7, 11) is 1.19. The first kappa shape index (κ1) is 30.4. The maximum absolute atomic E-state index is 12.6. The van der Waals surface area contributed by atoms with Gasteiger partial charge in [-0.2, -0.15) is 0 Å². The summed E-state index contributed by atoms with van der Waals surface area (Å²) in [6.45, 7) is 5.62. The molecular weight excluding hydrogens is 470 g/mol. The van der Waals surface area contributed by atoms with Crippen LogP contribution < -0.4 is 16.0 Å². The highest BCUT2D eigenvalue weighted by atomic mass is 16.6. The zero-order valence-corrected chi connectivity index (χ0v) is 21.4. The maximum Gasteiger partial charge on any atom is 0.408 e. The minimum Gasteiger partial charge on any atom is -0.469 e. The molecule has 0 heterocycles. The second-order valence-electron chi connectivity index (χ2n) is 9.02. The van der Waals surface area contributed by atoms with Crippen LogP contribution in [0, 0.1) is 0 Å². The van der Waals surface area contributed by atoms with Gasteiger partial charge in [0.05, 0.1) is 7.11 Å². The van der Waals surface area contributed by atoms with Gasteiger partial charge in [0, 0.05) is 19.5 Å². The van der Waals surface area contributed by atoms with Crippen molar-refractivity contribution in [3.8, 4) is 0 Å². The number of benzene rings is 1. The highest BCUT2D eigenvalue weighted by Gasteiger charge is 2.24. The van der Waals surface area contributed by atoms with Crippen LogP contribution in [0.3, 0.4) is 0 Å². The smallest absolute Gasteiger partial charge is 0.408 e. The quantitative estimate of drug-likeness (QED) is 0.151. The van der Waals surface area contributed by atoms with E-state index in [-0.39, 0.29) is 38.2 Å². The van der Waals surface area contributed by atoms with Gasteiger partial charge in [-0.1, -0.05) is 30.3 Å². The van der Waals surface area contributed by atoms with Crippen LogP contribution in [0.25, 0.3) is 0 Å². The highest BCUT2D eigenvalue weighted by Crippen LogP contribution is 2.09.